The third-order valence-electron chi connectivity index (χ3n) is 4.32. The van der Waals surface area contributed by atoms with E-state index < -0.39 is 0 Å². The highest BCUT2D eigenvalue weighted by molar-refractivity contribution is 5.76. The molecular formula is C20H23N3O2. The number of imidazole rings is 1. The summed E-state index contributed by atoms with van der Waals surface area (Å²) in [7, 11) is 1.79. The molecule has 3 rings (SSSR count). The molecule has 5 heteroatoms. The lowest BCUT2D eigenvalue weighted by Crippen LogP contribution is -2.25. The number of nitrogens with zero attached hydrogens (tertiary/aromatic N) is 3. The van der Waals surface area contributed by atoms with E-state index in [-0.39, 0.29) is 5.91 Å². The standard InChI is InChI=1S/C20H23N3O2/c1-15-8-4-7-11-19(15)25-13-12-23-18-10-6-5-9-17(18)21-20(23)14-22(3)16(2)24/h4-11H,12-14H2,1-3H3. The second-order valence-corrected chi connectivity index (χ2v) is 6.16. The van der Waals surface area contributed by atoms with Crippen LogP contribution in [0, 0.1) is 6.92 Å². The Kier molecular flexibility index (Phi) is 5.03. The molecule has 1 aromatic heterocycles. The summed E-state index contributed by atoms with van der Waals surface area (Å²) in [6.07, 6.45) is 0. The summed E-state index contributed by atoms with van der Waals surface area (Å²) in [6.45, 7) is 5.30. The molecular weight excluding hydrogens is 314 g/mol. The van der Waals surface area contributed by atoms with Crippen molar-refractivity contribution in [2.24, 2.45) is 0 Å². The summed E-state index contributed by atoms with van der Waals surface area (Å²) in [6, 6.07) is 16.0. The normalized spacial score (nSPS) is 10.8. The fraction of sp³-hybridized carbons (Fsp3) is 0.300. The zero-order chi connectivity index (χ0) is 17.8. The number of ether oxygens (including phenoxy) is 1. The maximum absolute atomic E-state index is 11.6. The number of fused-ring (bicyclic) bond motifs is 1. The molecule has 0 fully saturated rings. The van der Waals surface area contributed by atoms with Crippen molar-refractivity contribution < 1.29 is 9.53 Å². The van der Waals surface area contributed by atoms with E-state index in [1.165, 1.54) is 0 Å². The number of carbonyl (C=O) groups is 1. The van der Waals surface area contributed by atoms with Crippen molar-refractivity contribution in [2.45, 2.75) is 26.9 Å². The van der Waals surface area contributed by atoms with Crippen molar-refractivity contribution in [2.75, 3.05) is 13.7 Å². The molecule has 0 aliphatic carbocycles. The predicted octanol–water partition coefficient (Wildman–Crippen LogP) is 3.40. The van der Waals surface area contributed by atoms with Crippen molar-refractivity contribution in [1.82, 2.24) is 14.5 Å². The van der Waals surface area contributed by atoms with Crippen LogP contribution in [0.3, 0.4) is 0 Å². The first-order chi connectivity index (χ1) is 12.1. The summed E-state index contributed by atoms with van der Waals surface area (Å²) in [5.41, 5.74) is 3.11. The lowest BCUT2D eigenvalue weighted by molar-refractivity contribution is -0.128. The van der Waals surface area contributed by atoms with Gasteiger partial charge in [-0.05, 0) is 30.7 Å². The van der Waals surface area contributed by atoms with Gasteiger partial charge >= 0.3 is 0 Å². The molecule has 3 aromatic rings. The van der Waals surface area contributed by atoms with Gasteiger partial charge in [-0.15, -0.1) is 0 Å². The molecule has 130 valence electrons. The molecule has 0 N–H and O–H groups in total. The zero-order valence-corrected chi connectivity index (χ0v) is 14.9. The predicted molar refractivity (Wildman–Crippen MR) is 98.6 cm³/mol. The molecule has 0 saturated carbocycles. The molecule has 0 aliphatic heterocycles. The minimum Gasteiger partial charge on any atom is -0.491 e. The highest BCUT2D eigenvalue weighted by Crippen LogP contribution is 2.19. The average molecular weight is 337 g/mol. The quantitative estimate of drug-likeness (QED) is 0.692. The van der Waals surface area contributed by atoms with Gasteiger partial charge in [0.05, 0.1) is 24.1 Å². The molecule has 5 nitrogen and oxygen atoms in total. The summed E-state index contributed by atoms with van der Waals surface area (Å²) in [4.78, 5) is 17.9. The number of aryl methyl sites for hydroxylation is 1. The molecule has 1 amide bonds. The molecule has 0 aliphatic rings. The van der Waals surface area contributed by atoms with Crippen molar-refractivity contribution >= 4 is 16.9 Å². The molecule has 0 saturated heterocycles. The van der Waals surface area contributed by atoms with E-state index in [1.807, 2.05) is 55.5 Å². The van der Waals surface area contributed by atoms with E-state index in [9.17, 15) is 4.79 Å². The highest BCUT2D eigenvalue weighted by Gasteiger charge is 2.13. The first kappa shape index (κ1) is 17.0. The van der Waals surface area contributed by atoms with Gasteiger partial charge in [0.25, 0.3) is 0 Å². The van der Waals surface area contributed by atoms with Gasteiger partial charge in [0.2, 0.25) is 5.91 Å². The Morgan fingerprint density at radius 3 is 2.64 bits per heavy atom. The number of hydrogen-bond acceptors (Lipinski definition) is 3. The van der Waals surface area contributed by atoms with Gasteiger partial charge in [0.1, 0.15) is 18.2 Å². The minimum atomic E-state index is 0.0229. The Morgan fingerprint density at radius 2 is 1.88 bits per heavy atom. The largest absolute Gasteiger partial charge is 0.491 e. The molecule has 0 spiro atoms. The van der Waals surface area contributed by atoms with Crippen LogP contribution >= 0.6 is 0 Å². The molecule has 0 radical (unpaired) electrons. The molecule has 0 unspecified atom stereocenters. The number of amides is 1. The van der Waals surface area contributed by atoms with Crippen LogP contribution in [-0.4, -0.2) is 34.0 Å². The van der Waals surface area contributed by atoms with Crippen LogP contribution in [0.25, 0.3) is 11.0 Å². The number of carbonyl (C=O) groups excluding carboxylic acids is 1. The fourth-order valence-corrected chi connectivity index (χ4v) is 2.78. The number of para-hydroxylation sites is 3. The monoisotopic (exact) mass is 337 g/mol. The van der Waals surface area contributed by atoms with Crippen LogP contribution in [0.15, 0.2) is 48.5 Å². The zero-order valence-electron chi connectivity index (χ0n) is 14.9. The summed E-state index contributed by atoms with van der Waals surface area (Å²) in [5, 5.41) is 0. The second kappa shape index (κ2) is 7.38. The van der Waals surface area contributed by atoms with Crippen molar-refractivity contribution in [3.8, 4) is 5.75 Å². The van der Waals surface area contributed by atoms with Gasteiger partial charge < -0.3 is 14.2 Å². The van der Waals surface area contributed by atoms with E-state index in [0.29, 0.717) is 19.7 Å². The van der Waals surface area contributed by atoms with E-state index in [4.69, 9.17) is 9.72 Å². The molecule has 25 heavy (non-hydrogen) atoms. The summed E-state index contributed by atoms with van der Waals surface area (Å²) < 4.78 is 8.07. The van der Waals surface area contributed by atoms with Gasteiger partial charge in [0, 0.05) is 14.0 Å². The smallest absolute Gasteiger partial charge is 0.219 e. The summed E-state index contributed by atoms with van der Waals surface area (Å²) in [5.74, 6) is 1.79. The Balaban J connectivity index is 1.81. The Bertz CT molecular complexity index is 886. The van der Waals surface area contributed by atoms with Gasteiger partial charge in [-0.2, -0.15) is 0 Å². The number of benzene rings is 2. The van der Waals surface area contributed by atoms with E-state index in [2.05, 4.69) is 4.57 Å². The first-order valence-electron chi connectivity index (χ1n) is 8.40. The van der Waals surface area contributed by atoms with Gasteiger partial charge in [0.15, 0.2) is 0 Å². The third kappa shape index (κ3) is 3.82. The lowest BCUT2D eigenvalue weighted by atomic mass is 10.2. The number of aromatic nitrogens is 2. The highest BCUT2D eigenvalue weighted by atomic mass is 16.5. The number of rotatable bonds is 6. The Hall–Kier alpha value is -2.82. The number of hydrogen-bond donors (Lipinski definition) is 0. The summed E-state index contributed by atoms with van der Waals surface area (Å²) >= 11 is 0. The maximum Gasteiger partial charge on any atom is 0.219 e. The second-order valence-electron chi connectivity index (χ2n) is 6.16. The van der Waals surface area contributed by atoms with Crippen LogP contribution < -0.4 is 4.74 Å². The molecule has 2 aromatic carbocycles. The minimum absolute atomic E-state index is 0.0229. The average Bonchev–Trinajstić information content (AvgIpc) is 2.94. The van der Waals surface area contributed by atoms with E-state index in [0.717, 1.165) is 28.2 Å². The molecule has 0 bridgehead atoms. The third-order valence-corrected chi connectivity index (χ3v) is 4.32. The van der Waals surface area contributed by atoms with Crippen LogP contribution in [-0.2, 0) is 17.9 Å². The van der Waals surface area contributed by atoms with E-state index >= 15 is 0 Å². The van der Waals surface area contributed by atoms with Crippen LogP contribution in [0.5, 0.6) is 5.75 Å². The van der Waals surface area contributed by atoms with Crippen molar-refractivity contribution in [3.63, 3.8) is 0 Å². The Labute approximate surface area is 147 Å². The van der Waals surface area contributed by atoms with E-state index in [1.54, 1.807) is 18.9 Å². The fourth-order valence-electron chi connectivity index (χ4n) is 2.78. The van der Waals surface area contributed by atoms with Gasteiger partial charge in [-0.1, -0.05) is 30.3 Å². The van der Waals surface area contributed by atoms with Crippen LogP contribution in [0.4, 0.5) is 0 Å². The molecule has 1 heterocycles. The van der Waals surface area contributed by atoms with Crippen LogP contribution in [0.2, 0.25) is 0 Å². The van der Waals surface area contributed by atoms with Gasteiger partial charge in [-0.3, -0.25) is 4.79 Å². The Morgan fingerprint density at radius 1 is 1.16 bits per heavy atom. The lowest BCUT2D eigenvalue weighted by Gasteiger charge is -2.16. The maximum atomic E-state index is 11.6. The van der Waals surface area contributed by atoms with Crippen molar-refractivity contribution in [1.29, 1.82) is 0 Å². The SMILES string of the molecule is CC(=O)N(C)Cc1nc2ccccc2n1CCOc1ccccc1C. The van der Waals surface area contributed by atoms with Crippen molar-refractivity contribution in [3.05, 3.63) is 59.9 Å². The van der Waals surface area contributed by atoms with Crippen LogP contribution in [0.1, 0.15) is 18.3 Å². The molecule has 0 atom stereocenters. The first-order valence-corrected chi connectivity index (χ1v) is 8.40. The topological polar surface area (TPSA) is 47.4 Å². The van der Waals surface area contributed by atoms with Gasteiger partial charge in [-0.25, -0.2) is 4.98 Å².